The number of benzene rings is 2. The van der Waals surface area contributed by atoms with E-state index in [-0.39, 0.29) is 5.91 Å². The summed E-state index contributed by atoms with van der Waals surface area (Å²) in [5.74, 6) is -0.772. The first kappa shape index (κ1) is 18.1. The Labute approximate surface area is 146 Å². The number of thioether (sulfide) groups is 1. The van der Waals surface area contributed by atoms with E-state index in [4.69, 9.17) is 4.74 Å². The molecule has 0 spiro atoms. The maximum atomic E-state index is 12.2. The topological polar surface area (TPSA) is 55.4 Å². The molecule has 1 amide bonds. The fourth-order valence-electron chi connectivity index (χ4n) is 2.21. The van der Waals surface area contributed by atoms with E-state index in [2.05, 4.69) is 5.32 Å². The van der Waals surface area contributed by atoms with Crippen molar-refractivity contribution in [3.05, 3.63) is 65.7 Å². The molecule has 0 saturated carbocycles. The highest BCUT2D eigenvalue weighted by Gasteiger charge is 2.20. The van der Waals surface area contributed by atoms with Crippen LogP contribution < -0.4 is 5.32 Å². The van der Waals surface area contributed by atoms with E-state index < -0.39 is 12.1 Å². The van der Waals surface area contributed by atoms with E-state index >= 15 is 0 Å². The summed E-state index contributed by atoms with van der Waals surface area (Å²) >= 11 is 1.47. The molecule has 2 aromatic rings. The van der Waals surface area contributed by atoms with Crippen molar-refractivity contribution >= 4 is 23.6 Å². The number of nitrogens with one attached hydrogen (secondary N) is 1. The predicted octanol–water partition coefficient (Wildman–Crippen LogP) is 3.31. The molecule has 2 rings (SSSR count). The predicted molar refractivity (Wildman–Crippen MR) is 96.3 cm³/mol. The monoisotopic (exact) mass is 343 g/mol. The lowest BCUT2D eigenvalue weighted by Gasteiger charge is -2.14. The van der Waals surface area contributed by atoms with E-state index in [1.165, 1.54) is 11.8 Å². The Balaban J connectivity index is 1.83. The van der Waals surface area contributed by atoms with Crippen LogP contribution in [0.25, 0.3) is 0 Å². The molecule has 0 bridgehead atoms. The molecule has 0 radical (unpaired) electrons. The fraction of sp³-hybridized carbons (Fsp3) is 0.263. The molecule has 0 aliphatic rings. The molecule has 1 N–H and O–H groups in total. The van der Waals surface area contributed by atoms with E-state index in [1.807, 2.05) is 48.7 Å². The van der Waals surface area contributed by atoms with Crippen molar-refractivity contribution in [1.29, 1.82) is 0 Å². The zero-order valence-corrected chi connectivity index (χ0v) is 14.6. The van der Waals surface area contributed by atoms with Gasteiger partial charge in [0.15, 0.2) is 6.10 Å². The van der Waals surface area contributed by atoms with Gasteiger partial charge in [0.25, 0.3) is 5.91 Å². The van der Waals surface area contributed by atoms with E-state index in [0.29, 0.717) is 12.1 Å². The fourth-order valence-corrected chi connectivity index (χ4v) is 2.80. The molecule has 1 atom stereocenters. The summed E-state index contributed by atoms with van der Waals surface area (Å²) < 4.78 is 5.28. The zero-order valence-electron chi connectivity index (χ0n) is 13.8. The van der Waals surface area contributed by atoms with Crippen LogP contribution in [-0.4, -0.2) is 30.8 Å². The van der Waals surface area contributed by atoms with Gasteiger partial charge in [0, 0.05) is 11.4 Å². The number of ether oxygens (including phenoxy) is 1. The van der Waals surface area contributed by atoms with Crippen LogP contribution in [0.5, 0.6) is 0 Å². The normalized spacial score (nSPS) is 11.6. The van der Waals surface area contributed by atoms with Crippen LogP contribution in [0.4, 0.5) is 0 Å². The van der Waals surface area contributed by atoms with Gasteiger partial charge >= 0.3 is 5.97 Å². The second-order valence-electron chi connectivity index (χ2n) is 5.27. The molecule has 24 heavy (non-hydrogen) atoms. The van der Waals surface area contributed by atoms with Crippen molar-refractivity contribution in [1.82, 2.24) is 5.32 Å². The summed E-state index contributed by atoms with van der Waals surface area (Å²) in [6.45, 7) is 2.09. The number of esters is 1. The average Bonchev–Trinajstić information content (AvgIpc) is 2.62. The highest BCUT2D eigenvalue weighted by molar-refractivity contribution is 7.98. The van der Waals surface area contributed by atoms with Crippen LogP contribution in [0, 0.1) is 0 Å². The standard InChI is InChI=1S/C19H21NO3S/c1-14(18(21)20-13-12-15-8-4-3-5-9-15)23-19(22)16-10-6-7-11-17(16)24-2/h3-11,14H,12-13H2,1-2H3,(H,20,21). The first-order valence-electron chi connectivity index (χ1n) is 7.77. The molecule has 0 aromatic heterocycles. The van der Waals surface area contributed by atoms with Gasteiger partial charge in [-0.05, 0) is 37.3 Å². The van der Waals surface area contributed by atoms with Crippen molar-refractivity contribution in [3.8, 4) is 0 Å². The molecule has 0 saturated heterocycles. The van der Waals surface area contributed by atoms with Gasteiger partial charge < -0.3 is 10.1 Å². The minimum atomic E-state index is -0.830. The maximum Gasteiger partial charge on any atom is 0.340 e. The molecular formula is C19H21NO3S. The maximum absolute atomic E-state index is 12.2. The van der Waals surface area contributed by atoms with Crippen molar-refractivity contribution < 1.29 is 14.3 Å². The second kappa shape index (κ2) is 9.13. The lowest BCUT2D eigenvalue weighted by Crippen LogP contribution is -2.37. The van der Waals surface area contributed by atoms with Crippen LogP contribution in [-0.2, 0) is 16.0 Å². The quantitative estimate of drug-likeness (QED) is 0.619. The molecule has 0 aliphatic carbocycles. The Morgan fingerprint density at radius 2 is 1.75 bits per heavy atom. The molecule has 126 valence electrons. The summed E-state index contributed by atoms with van der Waals surface area (Å²) in [6.07, 6.45) is 1.80. The molecular weight excluding hydrogens is 322 g/mol. The lowest BCUT2D eigenvalue weighted by atomic mass is 10.1. The van der Waals surface area contributed by atoms with Crippen molar-refractivity contribution in [2.45, 2.75) is 24.3 Å². The first-order valence-corrected chi connectivity index (χ1v) is 9.00. The first-order chi connectivity index (χ1) is 11.6. The molecule has 4 nitrogen and oxygen atoms in total. The number of amides is 1. The van der Waals surface area contributed by atoms with Gasteiger partial charge in [-0.25, -0.2) is 4.79 Å². The number of carbonyl (C=O) groups is 2. The van der Waals surface area contributed by atoms with Crippen LogP contribution in [0.15, 0.2) is 59.5 Å². The van der Waals surface area contributed by atoms with Gasteiger partial charge in [0.1, 0.15) is 0 Å². The summed E-state index contributed by atoms with van der Waals surface area (Å²) in [5, 5.41) is 2.79. The SMILES string of the molecule is CSc1ccccc1C(=O)OC(C)C(=O)NCCc1ccccc1. The largest absolute Gasteiger partial charge is 0.449 e. The lowest BCUT2D eigenvalue weighted by molar-refractivity contribution is -0.129. The van der Waals surface area contributed by atoms with Crippen LogP contribution in [0.3, 0.4) is 0 Å². The number of rotatable bonds is 7. The zero-order chi connectivity index (χ0) is 17.4. The van der Waals surface area contributed by atoms with Crippen molar-refractivity contribution in [3.63, 3.8) is 0 Å². The van der Waals surface area contributed by atoms with Crippen LogP contribution in [0.2, 0.25) is 0 Å². The third-order valence-corrected chi connectivity index (χ3v) is 4.33. The molecule has 2 aromatic carbocycles. The van der Waals surface area contributed by atoms with Crippen molar-refractivity contribution in [2.24, 2.45) is 0 Å². The summed E-state index contributed by atoms with van der Waals surface area (Å²) in [6, 6.07) is 17.1. The van der Waals surface area contributed by atoms with Crippen molar-refractivity contribution in [2.75, 3.05) is 12.8 Å². The second-order valence-corrected chi connectivity index (χ2v) is 6.12. The highest BCUT2D eigenvalue weighted by Crippen LogP contribution is 2.21. The van der Waals surface area contributed by atoms with Crippen LogP contribution >= 0.6 is 11.8 Å². The highest BCUT2D eigenvalue weighted by atomic mass is 32.2. The Hall–Kier alpha value is -2.27. The molecule has 0 fully saturated rings. The molecule has 1 unspecified atom stereocenters. The van der Waals surface area contributed by atoms with Gasteiger partial charge in [-0.3, -0.25) is 4.79 Å². The van der Waals surface area contributed by atoms with E-state index in [0.717, 1.165) is 16.9 Å². The van der Waals surface area contributed by atoms with Gasteiger partial charge in [0.05, 0.1) is 5.56 Å². The third kappa shape index (κ3) is 5.13. The van der Waals surface area contributed by atoms with Gasteiger partial charge in [-0.1, -0.05) is 42.5 Å². The minimum Gasteiger partial charge on any atom is -0.449 e. The van der Waals surface area contributed by atoms with E-state index in [9.17, 15) is 9.59 Å². The van der Waals surface area contributed by atoms with Gasteiger partial charge in [-0.15, -0.1) is 11.8 Å². The van der Waals surface area contributed by atoms with E-state index in [1.54, 1.807) is 19.1 Å². The summed E-state index contributed by atoms with van der Waals surface area (Å²) in [7, 11) is 0. The third-order valence-electron chi connectivity index (χ3n) is 3.54. The Bertz CT molecular complexity index is 688. The van der Waals surface area contributed by atoms with Gasteiger partial charge in [-0.2, -0.15) is 0 Å². The van der Waals surface area contributed by atoms with Gasteiger partial charge in [0.2, 0.25) is 0 Å². The molecule has 0 aliphatic heterocycles. The molecule has 5 heteroatoms. The Morgan fingerprint density at radius 1 is 1.08 bits per heavy atom. The number of hydrogen-bond donors (Lipinski definition) is 1. The Morgan fingerprint density at radius 3 is 2.46 bits per heavy atom. The summed E-state index contributed by atoms with van der Waals surface area (Å²) in [4.78, 5) is 25.1. The molecule has 0 heterocycles. The number of hydrogen-bond acceptors (Lipinski definition) is 4. The van der Waals surface area contributed by atoms with Crippen LogP contribution in [0.1, 0.15) is 22.8 Å². The Kier molecular flexibility index (Phi) is 6.88. The average molecular weight is 343 g/mol. The number of carbonyl (C=O) groups excluding carboxylic acids is 2. The smallest absolute Gasteiger partial charge is 0.340 e. The summed E-state index contributed by atoms with van der Waals surface area (Å²) in [5.41, 5.74) is 1.63. The minimum absolute atomic E-state index is 0.291.